The first-order chi connectivity index (χ1) is 8.16. The molecule has 0 amide bonds. The second-order valence-electron chi connectivity index (χ2n) is 3.13. The molecule has 7 heteroatoms. The molecule has 1 aromatic heterocycles. The molecule has 0 aliphatic carbocycles. The van der Waals surface area contributed by atoms with Crippen molar-refractivity contribution in [2.45, 2.75) is 5.16 Å². The maximum atomic E-state index is 13.3. The van der Waals surface area contributed by atoms with E-state index in [1.165, 1.54) is 6.33 Å². The lowest BCUT2D eigenvalue weighted by molar-refractivity contribution is 0.101. The van der Waals surface area contributed by atoms with Gasteiger partial charge < -0.3 is 0 Å². The van der Waals surface area contributed by atoms with Gasteiger partial charge in [0.05, 0.1) is 11.3 Å². The van der Waals surface area contributed by atoms with E-state index in [1.54, 1.807) is 0 Å². The average Bonchev–Trinajstić information content (AvgIpc) is 2.78. The van der Waals surface area contributed by atoms with Crippen LogP contribution in [0.25, 0.3) is 0 Å². The molecule has 2 rings (SSSR count). The van der Waals surface area contributed by atoms with Crippen molar-refractivity contribution < 1.29 is 13.6 Å². The van der Waals surface area contributed by atoms with Gasteiger partial charge in [-0.2, -0.15) is 5.10 Å². The molecule has 2 aromatic rings. The molecule has 88 valence electrons. The highest BCUT2D eigenvalue weighted by molar-refractivity contribution is 7.99. The maximum Gasteiger partial charge on any atom is 0.183 e. The first-order valence-corrected chi connectivity index (χ1v) is 5.62. The summed E-state index contributed by atoms with van der Waals surface area (Å²) in [5, 5.41) is 6.65. The van der Waals surface area contributed by atoms with Crippen LogP contribution in [0.3, 0.4) is 0 Å². The summed E-state index contributed by atoms with van der Waals surface area (Å²) < 4.78 is 25.9. The van der Waals surface area contributed by atoms with Gasteiger partial charge in [0, 0.05) is 6.07 Å². The number of hydrogen-bond donors (Lipinski definition) is 1. The van der Waals surface area contributed by atoms with E-state index in [4.69, 9.17) is 0 Å². The summed E-state index contributed by atoms with van der Waals surface area (Å²) >= 11 is 1.10. The summed E-state index contributed by atoms with van der Waals surface area (Å²) in [6, 6.07) is 2.87. The topological polar surface area (TPSA) is 58.6 Å². The molecule has 0 atom stereocenters. The fourth-order valence-corrected chi connectivity index (χ4v) is 1.85. The Bertz CT molecular complexity index is 530. The third kappa shape index (κ3) is 2.88. The van der Waals surface area contributed by atoms with Crippen molar-refractivity contribution in [1.29, 1.82) is 0 Å². The Kier molecular flexibility index (Phi) is 3.48. The summed E-state index contributed by atoms with van der Waals surface area (Å²) in [6.45, 7) is 0. The first-order valence-electron chi connectivity index (χ1n) is 4.63. The number of thioether (sulfide) groups is 1. The van der Waals surface area contributed by atoms with E-state index in [1.807, 2.05) is 0 Å². The van der Waals surface area contributed by atoms with Crippen molar-refractivity contribution in [2.75, 3.05) is 5.75 Å². The lowest BCUT2D eigenvalue weighted by Gasteiger charge is -2.01. The zero-order valence-corrected chi connectivity index (χ0v) is 9.30. The van der Waals surface area contributed by atoms with Gasteiger partial charge in [0.2, 0.25) is 0 Å². The van der Waals surface area contributed by atoms with Crippen LogP contribution in [-0.2, 0) is 0 Å². The van der Waals surface area contributed by atoms with Crippen LogP contribution in [0, 0.1) is 11.6 Å². The van der Waals surface area contributed by atoms with E-state index in [-0.39, 0.29) is 11.3 Å². The summed E-state index contributed by atoms with van der Waals surface area (Å²) in [5.41, 5.74) is -0.126. The zero-order chi connectivity index (χ0) is 12.3. The Morgan fingerprint density at radius 1 is 1.41 bits per heavy atom. The van der Waals surface area contributed by atoms with Crippen molar-refractivity contribution in [3.8, 4) is 0 Å². The molecular weight excluding hydrogens is 248 g/mol. The number of nitrogens with one attached hydrogen (secondary N) is 1. The minimum atomic E-state index is -0.854. The molecule has 0 saturated heterocycles. The molecule has 0 aliphatic heterocycles. The SMILES string of the molecule is O=C(CSc1ncn[nH]1)c1ccc(F)cc1F. The number of carbonyl (C=O) groups excluding carboxylic acids is 1. The van der Waals surface area contributed by atoms with Crippen molar-refractivity contribution in [1.82, 2.24) is 15.2 Å². The van der Waals surface area contributed by atoms with Gasteiger partial charge >= 0.3 is 0 Å². The highest BCUT2D eigenvalue weighted by Gasteiger charge is 2.13. The molecule has 0 aliphatic rings. The Balaban J connectivity index is 2.04. The van der Waals surface area contributed by atoms with Gasteiger partial charge in [0.1, 0.15) is 18.0 Å². The van der Waals surface area contributed by atoms with Crippen molar-refractivity contribution >= 4 is 17.5 Å². The van der Waals surface area contributed by atoms with Gasteiger partial charge in [-0.05, 0) is 12.1 Å². The Hall–Kier alpha value is -1.76. The van der Waals surface area contributed by atoms with Crippen molar-refractivity contribution in [2.24, 2.45) is 0 Å². The fraction of sp³-hybridized carbons (Fsp3) is 0.100. The van der Waals surface area contributed by atoms with Gasteiger partial charge in [0.25, 0.3) is 0 Å². The molecule has 0 saturated carbocycles. The van der Waals surface area contributed by atoms with Crippen molar-refractivity contribution in [3.05, 3.63) is 41.7 Å². The molecular formula is C10H7F2N3OS. The van der Waals surface area contributed by atoms with Crippen LogP contribution in [0.4, 0.5) is 8.78 Å². The van der Waals surface area contributed by atoms with E-state index in [9.17, 15) is 13.6 Å². The number of aromatic amines is 1. The first kappa shape index (κ1) is 11.7. The van der Waals surface area contributed by atoms with Crippen LogP contribution in [0.2, 0.25) is 0 Å². The summed E-state index contributed by atoms with van der Waals surface area (Å²) in [5.74, 6) is -1.98. The quantitative estimate of drug-likeness (QED) is 0.671. The summed E-state index contributed by atoms with van der Waals surface area (Å²) in [7, 11) is 0. The minimum Gasteiger partial charge on any atom is -0.293 e. The summed E-state index contributed by atoms with van der Waals surface area (Å²) in [4.78, 5) is 15.4. The Labute approximate surface area is 99.5 Å². The third-order valence-corrected chi connectivity index (χ3v) is 2.84. The van der Waals surface area contributed by atoms with Gasteiger partial charge in [-0.15, -0.1) is 0 Å². The number of nitrogens with zero attached hydrogens (tertiary/aromatic N) is 2. The van der Waals surface area contributed by atoms with Crippen LogP contribution >= 0.6 is 11.8 Å². The largest absolute Gasteiger partial charge is 0.293 e. The highest BCUT2D eigenvalue weighted by atomic mass is 32.2. The molecule has 0 unspecified atom stereocenters. The van der Waals surface area contributed by atoms with Gasteiger partial charge in [-0.1, -0.05) is 11.8 Å². The van der Waals surface area contributed by atoms with Gasteiger partial charge in [-0.3, -0.25) is 9.89 Å². The standard InChI is InChI=1S/C10H7F2N3OS/c11-6-1-2-7(8(12)3-6)9(16)4-17-10-13-5-14-15-10/h1-3,5H,4H2,(H,13,14,15). The van der Waals surface area contributed by atoms with Gasteiger partial charge in [0.15, 0.2) is 10.9 Å². The van der Waals surface area contributed by atoms with Gasteiger partial charge in [-0.25, -0.2) is 13.8 Å². The number of carbonyl (C=O) groups is 1. The van der Waals surface area contributed by atoms with Crippen LogP contribution in [0.15, 0.2) is 29.7 Å². The van der Waals surface area contributed by atoms with Crippen LogP contribution < -0.4 is 0 Å². The van der Waals surface area contributed by atoms with Crippen LogP contribution in [-0.4, -0.2) is 26.7 Å². The second kappa shape index (κ2) is 5.05. The van der Waals surface area contributed by atoms with E-state index in [0.29, 0.717) is 11.2 Å². The van der Waals surface area contributed by atoms with Crippen molar-refractivity contribution in [3.63, 3.8) is 0 Å². The predicted octanol–water partition coefficient (Wildman–Crippen LogP) is 2.06. The molecule has 0 radical (unpaired) electrons. The third-order valence-electron chi connectivity index (χ3n) is 1.96. The molecule has 4 nitrogen and oxygen atoms in total. The number of benzene rings is 1. The highest BCUT2D eigenvalue weighted by Crippen LogP contribution is 2.16. The number of Topliss-reactive ketones (excluding diaryl/α,β-unsaturated/α-hetero) is 1. The summed E-state index contributed by atoms with van der Waals surface area (Å²) in [6.07, 6.45) is 1.31. The maximum absolute atomic E-state index is 13.3. The molecule has 0 bridgehead atoms. The molecule has 1 aromatic carbocycles. The number of halogens is 2. The monoisotopic (exact) mass is 255 g/mol. The van der Waals surface area contributed by atoms with E-state index in [0.717, 1.165) is 23.9 Å². The second-order valence-corrected chi connectivity index (χ2v) is 4.09. The lowest BCUT2D eigenvalue weighted by Crippen LogP contribution is -2.05. The number of hydrogen-bond acceptors (Lipinski definition) is 4. The van der Waals surface area contributed by atoms with E-state index >= 15 is 0 Å². The molecule has 0 fully saturated rings. The average molecular weight is 255 g/mol. The Morgan fingerprint density at radius 3 is 2.88 bits per heavy atom. The normalized spacial score (nSPS) is 10.5. The molecule has 0 spiro atoms. The number of aromatic nitrogens is 3. The Morgan fingerprint density at radius 2 is 2.24 bits per heavy atom. The number of H-pyrrole nitrogens is 1. The number of rotatable bonds is 4. The van der Waals surface area contributed by atoms with E-state index in [2.05, 4.69) is 15.2 Å². The van der Waals surface area contributed by atoms with E-state index < -0.39 is 17.4 Å². The predicted molar refractivity (Wildman–Crippen MR) is 57.8 cm³/mol. The minimum absolute atomic E-state index is 0.0117. The molecule has 1 N–H and O–H groups in total. The fourth-order valence-electron chi connectivity index (χ4n) is 1.19. The molecule has 17 heavy (non-hydrogen) atoms. The zero-order valence-electron chi connectivity index (χ0n) is 8.48. The molecule has 1 heterocycles. The van der Waals surface area contributed by atoms with Crippen LogP contribution in [0.1, 0.15) is 10.4 Å². The smallest absolute Gasteiger partial charge is 0.183 e. The van der Waals surface area contributed by atoms with Crippen LogP contribution in [0.5, 0.6) is 0 Å². The lowest BCUT2D eigenvalue weighted by atomic mass is 10.1. The number of ketones is 1.